The molecule has 7 N–H and O–H groups in total. The fourth-order valence-electron chi connectivity index (χ4n) is 7.45. The Balaban J connectivity index is 1.81. The number of hydrogen-bond acceptors (Lipinski definition) is 14. The molecule has 2 rings (SSSR count). The molecule has 14 heteroatoms. The smallest absolute Gasteiger partial charge is 0.306 e. The largest absolute Gasteiger partial charge is 0.457 e. The molecule has 376 valence electrons. The lowest BCUT2D eigenvalue weighted by Crippen LogP contribution is -2.61. The van der Waals surface area contributed by atoms with E-state index in [-0.39, 0.29) is 19.6 Å². The van der Waals surface area contributed by atoms with Crippen LogP contribution in [0.25, 0.3) is 0 Å². The summed E-state index contributed by atoms with van der Waals surface area (Å²) in [7, 11) is 0. The third-order valence-electron chi connectivity index (χ3n) is 11.5. The van der Waals surface area contributed by atoms with Crippen molar-refractivity contribution in [3.63, 3.8) is 0 Å². The van der Waals surface area contributed by atoms with Gasteiger partial charge >= 0.3 is 5.97 Å². The summed E-state index contributed by atoms with van der Waals surface area (Å²) in [6.45, 7) is 3.48. The van der Waals surface area contributed by atoms with Gasteiger partial charge in [0.1, 0.15) is 54.9 Å². The van der Waals surface area contributed by atoms with E-state index in [0.29, 0.717) is 13.0 Å². The van der Waals surface area contributed by atoms with E-state index in [1.165, 1.54) is 64.2 Å². The fourth-order valence-corrected chi connectivity index (χ4v) is 7.45. The minimum Gasteiger partial charge on any atom is -0.457 e. The first kappa shape index (κ1) is 58.8. The Kier molecular flexibility index (Phi) is 35.0. The molecule has 0 amide bonds. The fraction of sp³-hybridized carbons (Fsp3) is 0.784. The van der Waals surface area contributed by atoms with Crippen molar-refractivity contribution in [1.82, 2.24) is 0 Å². The Morgan fingerprint density at radius 1 is 0.523 bits per heavy atom. The minimum absolute atomic E-state index is 0.0381. The van der Waals surface area contributed by atoms with Crippen LogP contribution in [0.15, 0.2) is 60.8 Å². The first-order valence-electron chi connectivity index (χ1n) is 24.9. The standard InChI is InChI=1S/C51H88O14/c1-3-5-7-9-11-13-15-17-19-21-23-25-27-29-31-33-35-60-37-40(63-43(53)34-32-30-28-26-24-22-20-18-16-14-12-10-8-6-4-2)38-61-50-49(59)47(57)45(55)42(65-50)39-62-51-48(58)46(56)44(54)41(36-52)64-51/h6,8,12,14,17-20,24,26,40-42,44-52,54-59H,3-5,7,9-11,13,15-16,21-23,25,27-39H2,1-2H3/b8-6-,14-12-,19-17-,20-18-,26-24-. The number of aliphatic hydroxyl groups is 7. The van der Waals surface area contributed by atoms with Gasteiger partial charge in [0.2, 0.25) is 0 Å². The molecule has 11 unspecified atom stereocenters. The number of allylic oxidation sites excluding steroid dienone is 10. The van der Waals surface area contributed by atoms with Crippen LogP contribution in [-0.4, -0.2) is 142 Å². The number of aliphatic hydroxyl groups excluding tert-OH is 7. The van der Waals surface area contributed by atoms with Gasteiger partial charge in [-0.15, -0.1) is 0 Å². The van der Waals surface area contributed by atoms with Crippen molar-refractivity contribution in [3.8, 4) is 0 Å². The molecule has 2 aliphatic heterocycles. The Hall–Kier alpha value is -2.31. The van der Waals surface area contributed by atoms with Crippen LogP contribution in [0.5, 0.6) is 0 Å². The van der Waals surface area contributed by atoms with Crippen LogP contribution >= 0.6 is 0 Å². The molecule has 0 aromatic carbocycles. The Morgan fingerprint density at radius 3 is 1.58 bits per heavy atom. The van der Waals surface area contributed by atoms with E-state index in [9.17, 15) is 40.5 Å². The third kappa shape index (κ3) is 26.7. The van der Waals surface area contributed by atoms with Gasteiger partial charge in [-0.05, 0) is 77.0 Å². The molecule has 2 fully saturated rings. The van der Waals surface area contributed by atoms with Gasteiger partial charge in [0.05, 0.1) is 26.4 Å². The number of unbranched alkanes of at least 4 members (excludes halogenated alkanes) is 14. The first-order chi connectivity index (χ1) is 31.6. The summed E-state index contributed by atoms with van der Waals surface area (Å²) in [4.78, 5) is 13.0. The number of carbonyl (C=O) groups is 1. The predicted octanol–water partition coefficient (Wildman–Crippen LogP) is 6.96. The van der Waals surface area contributed by atoms with Crippen LogP contribution in [0.4, 0.5) is 0 Å². The van der Waals surface area contributed by atoms with Crippen molar-refractivity contribution < 1.29 is 69.0 Å². The van der Waals surface area contributed by atoms with Gasteiger partial charge in [0.15, 0.2) is 12.6 Å². The van der Waals surface area contributed by atoms with Gasteiger partial charge < -0.3 is 64.2 Å². The lowest BCUT2D eigenvalue weighted by molar-refractivity contribution is -0.332. The van der Waals surface area contributed by atoms with Crippen molar-refractivity contribution in [2.45, 2.75) is 223 Å². The molecule has 14 nitrogen and oxygen atoms in total. The third-order valence-corrected chi connectivity index (χ3v) is 11.5. The summed E-state index contributed by atoms with van der Waals surface area (Å²) in [5.41, 5.74) is 0. The van der Waals surface area contributed by atoms with Crippen molar-refractivity contribution in [2.75, 3.05) is 33.0 Å². The summed E-state index contributed by atoms with van der Waals surface area (Å²) in [6, 6.07) is 0. The predicted molar refractivity (Wildman–Crippen MR) is 252 cm³/mol. The van der Waals surface area contributed by atoms with Crippen LogP contribution in [0.3, 0.4) is 0 Å². The Bertz CT molecular complexity index is 1300. The van der Waals surface area contributed by atoms with E-state index in [1.54, 1.807) is 0 Å². The molecule has 0 saturated carbocycles. The minimum atomic E-state index is -1.72. The van der Waals surface area contributed by atoms with Crippen molar-refractivity contribution in [3.05, 3.63) is 60.8 Å². The Labute approximate surface area is 390 Å². The molecule has 0 aliphatic carbocycles. The molecular formula is C51H88O14. The maximum Gasteiger partial charge on any atom is 0.306 e. The molecule has 65 heavy (non-hydrogen) atoms. The molecule has 0 aromatic rings. The highest BCUT2D eigenvalue weighted by atomic mass is 16.7. The van der Waals surface area contributed by atoms with Gasteiger partial charge in [-0.3, -0.25) is 4.79 Å². The monoisotopic (exact) mass is 925 g/mol. The van der Waals surface area contributed by atoms with E-state index < -0.39 is 86.7 Å². The normalized spacial score (nSPS) is 27.0. The number of esters is 1. The summed E-state index contributed by atoms with van der Waals surface area (Å²) < 4.78 is 34.2. The zero-order valence-electron chi connectivity index (χ0n) is 39.7. The average Bonchev–Trinajstić information content (AvgIpc) is 3.30. The molecule has 0 aromatic heterocycles. The van der Waals surface area contributed by atoms with Gasteiger partial charge in [0, 0.05) is 13.0 Å². The number of carbonyl (C=O) groups excluding carboxylic acids is 1. The van der Waals surface area contributed by atoms with E-state index in [1.807, 2.05) is 0 Å². The van der Waals surface area contributed by atoms with Gasteiger partial charge in [-0.2, -0.15) is 0 Å². The van der Waals surface area contributed by atoms with E-state index >= 15 is 0 Å². The molecule has 2 saturated heterocycles. The second kappa shape index (κ2) is 38.6. The molecular weight excluding hydrogens is 837 g/mol. The molecule has 2 heterocycles. The second-order valence-electron chi connectivity index (χ2n) is 17.3. The highest BCUT2D eigenvalue weighted by Crippen LogP contribution is 2.26. The van der Waals surface area contributed by atoms with Crippen LogP contribution in [0, 0.1) is 0 Å². The van der Waals surface area contributed by atoms with Gasteiger partial charge in [-0.25, -0.2) is 0 Å². The number of rotatable bonds is 38. The maximum atomic E-state index is 13.0. The quantitative estimate of drug-likeness (QED) is 0.0190. The zero-order chi connectivity index (χ0) is 47.3. The lowest BCUT2D eigenvalue weighted by atomic mass is 9.98. The zero-order valence-corrected chi connectivity index (χ0v) is 39.7. The van der Waals surface area contributed by atoms with Crippen molar-refractivity contribution in [2.24, 2.45) is 0 Å². The van der Waals surface area contributed by atoms with Crippen molar-refractivity contribution in [1.29, 1.82) is 0 Å². The SMILES string of the molecule is CC/C=C\C/C=C\C/C=C\C/C=C\CCCCC(=O)OC(COCCCCCCCC/C=C\CCCCCCCC)COC1OC(COC2OC(CO)C(O)C(O)C2O)C(O)C(O)C1O. The van der Waals surface area contributed by atoms with E-state index in [2.05, 4.69) is 74.6 Å². The maximum absolute atomic E-state index is 13.0. The lowest BCUT2D eigenvalue weighted by Gasteiger charge is -2.42. The topological polar surface area (TPSA) is 214 Å². The second-order valence-corrected chi connectivity index (χ2v) is 17.3. The first-order valence-corrected chi connectivity index (χ1v) is 24.9. The van der Waals surface area contributed by atoms with Crippen LogP contribution in [0.2, 0.25) is 0 Å². The summed E-state index contributed by atoms with van der Waals surface area (Å²) >= 11 is 0. The molecule has 2 aliphatic rings. The van der Waals surface area contributed by atoms with Gasteiger partial charge in [0.25, 0.3) is 0 Å². The molecule has 11 atom stereocenters. The Morgan fingerprint density at radius 2 is 1.00 bits per heavy atom. The van der Waals surface area contributed by atoms with Crippen molar-refractivity contribution >= 4 is 5.97 Å². The van der Waals surface area contributed by atoms with Crippen LogP contribution in [-0.2, 0) is 33.2 Å². The highest BCUT2D eigenvalue weighted by molar-refractivity contribution is 5.69. The van der Waals surface area contributed by atoms with E-state index in [0.717, 1.165) is 64.2 Å². The molecule has 0 radical (unpaired) electrons. The summed E-state index contributed by atoms with van der Waals surface area (Å²) in [5.74, 6) is -0.420. The van der Waals surface area contributed by atoms with Crippen LogP contribution < -0.4 is 0 Å². The summed E-state index contributed by atoms with van der Waals surface area (Å²) in [5, 5.41) is 72.0. The van der Waals surface area contributed by atoms with Crippen LogP contribution in [0.1, 0.15) is 155 Å². The van der Waals surface area contributed by atoms with Gasteiger partial charge in [-0.1, -0.05) is 132 Å². The molecule has 0 spiro atoms. The number of ether oxygens (including phenoxy) is 6. The van der Waals surface area contributed by atoms with E-state index in [4.69, 9.17) is 28.4 Å². The highest BCUT2D eigenvalue weighted by Gasteiger charge is 2.47. The average molecular weight is 925 g/mol. The summed E-state index contributed by atoms with van der Waals surface area (Å²) in [6.07, 6.45) is 28.6. The number of hydrogen-bond donors (Lipinski definition) is 7. The molecule has 0 bridgehead atoms.